The highest BCUT2D eigenvalue weighted by atomic mass is 16.6. The summed E-state index contributed by atoms with van der Waals surface area (Å²) in [6, 6.07) is 29.1. The first-order valence-electron chi connectivity index (χ1n) is 21.7. The van der Waals surface area contributed by atoms with Crippen LogP contribution in [-0.4, -0.2) is 79.4 Å². The van der Waals surface area contributed by atoms with Gasteiger partial charge in [0, 0.05) is 25.4 Å². The molecule has 0 saturated heterocycles. The van der Waals surface area contributed by atoms with Gasteiger partial charge in [-0.1, -0.05) is 109 Å². The van der Waals surface area contributed by atoms with Crippen molar-refractivity contribution < 1.29 is 38.2 Å². The van der Waals surface area contributed by atoms with Gasteiger partial charge < -0.3 is 46.9 Å². The maximum absolute atomic E-state index is 14.3. The molecule has 5 rings (SSSR count). The first-order chi connectivity index (χ1) is 30.7. The summed E-state index contributed by atoms with van der Waals surface area (Å²) in [4.78, 5) is 71.9. The van der Waals surface area contributed by atoms with Gasteiger partial charge in [-0.05, 0) is 93.2 Å². The van der Waals surface area contributed by atoms with Crippen LogP contribution in [0.2, 0.25) is 0 Å². The number of ether oxygens (including phenoxy) is 3. The van der Waals surface area contributed by atoms with Crippen LogP contribution in [0.5, 0.6) is 0 Å². The van der Waals surface area contributed by atoms with Crippen LogP contribution in [0.15, 0.2) is 108 Å². The molecule has 15 heteroatoms. The molecule has 3 atom stereocenters. The zero-order valence-electron chi connectivity index (χ0n) is 37.1. The molecule has 340 valence electrons. The van der Waals surface area contributed by atoms with Crippen LogP contribution in [0.3, 0.4) is 0 Å². The number of amides is 4. The molecule has 0 spiro atoms. The van der Waals surface area contributed by atoms with Crippen LogP contribution in [0.4, 0.5) is 9.59 Å². The van der Waals surface area contributed by atoms with E-state index in [1.807, 2.05) is 110 Å². The van der Waals surface area contributed by atoms with Gasteiger partial charge in [0.2, 0.25) is 11.8 Å². The molecule has 0 bridgehead atoms. The minimum absolute atomic E-state index is 0.0149. The summed E-state index contributed by atoms with van der Waals surface area (Å²) in [6.07, 6.45) is 0.196. The first-order valence-corrected chi connectivity index (χ1v) is 21.7. The monoisotopic (exact) mass is 875 g/mol. The molecular formula is C49H61N7O8. The lowest BCUT2D eigenvalue weighted by Crippen LogP contribution is -2.56. The molecule has 0 radical (unpaired) electrons. The van der Waals surface area contributed by atoms with Gasteiger partial charge in [-0.15, -0.1) is 0 Å². The Morgan fingerprint density at radius 1 is 0.656 bits per heavy atom. The molecule has 4 amide bonds. The number of nitrogens with zero attached hydrogens (tertiary/aromatic N) is 1. The zero-order chi connectivity index (χ0) is 46.1. The number of carbonyl (C=O) groups is 5. The summed E-state index contributed by atoms with van der Waals surface area (Å²) in [5.41, 5.74) is 17.2. The predicted molar refractivity (Wildman–Crippen MR) is 245 cm³/mol. The van der Waals surface area contributed by atoms with E-state index >= 15 is 0 Å². The van der Waals surface area contributed by atoms with Gasteiger partial charge in [-0.25, -0.2) is 14.4 Å². The molecule has 0 aliphatic heterocycles. The third kappa shape index (κ3) is 15.2. The number of rotatable bonds is 21. The number of nitrogens with one attached hydrogen (secondary N) is 4. The van der Waals surface area contributed by atoms with Crippen molar-refractivity contribution in [1.29, 1.82) is 0 Å². The van der Waals surface area contributed by atoms with Crippen molar-refractivity contribution in [2.45, 2.75) is 102 Å². The third-order valence-electron chi connectivity index (χ3n) is 10.5. The van der Waals surface area contributed by atoms with Gasteiger partial charge in [0.1, 0.15) is 36.9 Å². The normalized spacial score (nSPS) is 13.2. The summed E-state index contributed by atoms with van der Waals surface area (Å²) in [5.74, 6) is -2.27. The molecule has 0 heterocycles. The lowest BCUT2D eigenvalue weighted by Gasteiger charge is -2.25. The number of aliphatic imine (C=N–C) groups is 1. The van der Waals surface area contributed by atoms with E-state index < -0.39 is 53.7 Å². The first kappa shape index (κ1) is 48.1. The van der Waals surface area contributed by atoms with Crippen molar-refractivity contribution in [2.75, 3.05) is 19.7 Å². The van der Waals surface area contributed by atoms with Crippen LogP contribution in [0, 0.1) is 6.92 Å². The van der Waals surface area contributed by atoms with Crippen molar-refractivity contribution in [1.82, 2.24) is 21.3 Å². The number of alkyl carbamates (subject to hydrolysis) is 2. The van der Waals surface area contributed by atoms with E-state index in [9.17, 15) is 24.0 Å². The smallest absolute Gasteiger partial charge is 0.407 e. The Kier molecular flexibility index (Phi) is 17.7. The number of hydrogen-bond acceptors (Lipinski definition) is 9. The van der Waals surface area contributed by atoms with Crippen molar-refractivity contribution in [3.05, 3.63) is 131 Å². The number of nitrogens with two attached hydrogens (primary N) is 2. The second kappa shape index (κ2) is 23.5. The Balaban J connectivity index is 1.30. The Morgan fingerprint density at radius 2 is 1.25 bits per heavy atom. The predicted octanol–water partition coefficient (Wildman–Crippen LogP) is 5.91. The molecule has 15 nitrogen and oxygen atoms in total. The molecule has 8 N–H and O–H groups in total. The molecule has 64 heavy (non-hydrogen) atoms. The van der Waals surface area contributed by atoms with Gasteiger partial charge in [0.15, 0.2) is 5.96 Å². The summed E-state index contributed by atoms with van der Waals surface area (Å²) >= 11 is 0. The second-order valence-corrected chi connectivity index (χ2v) is 16.8. The second-order valence-electron chi connectivity index (χ2n) is 16.8. The number of benzene rings is 4. The van der Waals surface area contributed by atoms with Gasteiger partial charge in [-0.3, -0.25) is 14.6 Å². The molecule has 4 aromatic carbocycles. The molecule has 0 unspecified atom stereocenters. The fourth-order valence-corrected chi connectivity index (χ4v) is 7.32. The Labute approximate surface area is 375 Å². The number of guanidine groups is 1. The summed E-state index contributed by atoms with van der Waals surface area (Å²) in [5, 5.41) is 11.1. The number of hydrogen-bond donors (Lipinski definition) is 6. The van der Waals surface area contributed by atoms with Gasteiger partial charge in [-0.2, -0.15) is 0 Å². The van der Waals surface area contributed by atoms with Crippen molar-refractivity contribution in [3.63, 3.8) is 0 Å². The van der Waals surface area contributed by atoms with Crippen molar-refractivity contribution in [3.8, 4) is 11.1 Å². The van der Waals surface area contributed by atoms with E-state index in [0.717, 1.165) is 38.9 Å². The quantitative estimate of drug-likeness (QED) is 0.0191. The highest BCUT2D eigenvalue weighted by Crippen LogP contribution is 2.44. The summed E-state index contributed by atoms with van der Waals surface area (Å²) in [6.45, 7) is 7.74. The average molecular weight is 876 g/mol. The largest absolute Gasteiger partial charge is 0.459 e. The molecule has 0 fully saturated rings. The molecule has 1 aliphatic carbocycles. The van der Waals surface area contributed by atoms with Gasteiger partial charge in [0.05, 0.1) is 0 Å². The highest BCUT2D eigenvalue weighted by Gasteiger charge is 2.32. The Morgan fingerprint density at radius 3 is 1.89 bits per heavy atom. The van der Waals surface area contributed by atoms with E-state index in [1.165, 1.54) is 0 Å². The fourth-order valence-electron chi connectivity index (χ4n) is 7.32. The Hall–Kier alpha value is -6.90. The van der Waals surface area contributed by atoms with E-state index in [4.69, 9.17) is 25.7 Å². The van der Waals surface area contributed by atoms with Gasteiger partial charge in [0.25, 0.3) is 0 Å². The number of aryl methyl sites for hydroxylation is 1. The van der Waals surface area contributed by atoms with Crippen LogP contribution in [-0.2, 0) is 41.6 Å². The van der Waals surface area contributed by atoms with E-state index in [1.54, 1.807) is 20.8 Å². The van der Waals surface area contributed by atoms with E-state index in [-0.39, 0.29) is 57.4 Å². The topological polar surface area (TPSA) is 226 Å². The van der Waals surface area contributed by atoms with Crippen LogP contribution in [0.1, 0.15) is 86.6 Å². The van der Waals surface area contributed by atoms with Crippen molar-refractivity contribution in [2.24, 2.45) is 16.5 Å². The molecule has 0 saturated carbocycles. The molecule has 4 aromatic rings. The van der Waals surface area contributed by atoms with Gasteiger partial charge >= 0.3 is 18.2 Å². The minimum atomic E-state index is -1.18. The van der Waals surface area contributed by atoms with Crippen LogP contribution in [0.25, 0.3) is 11.1 Å². The molecule has 0 aromatic heterocycles. The average Bonchev–Trinajstić information content (AvgIpc) is 3.58. The summed E-state index contributed by atoms with van der Waals surface area (Å²) < 4.78 is 16.8. The number of unbranched alkanes of at least 4 members (excludes halogenated alkanes) is 1. The maximum Gasteiger partial charge on any atom is 0.407 e. The SMILES string of the molecule is Cc1ccc(COC(=O)[C@H](CCCCNC(=O)OC(C)(C)C)NC(=O)[C@@H](Cc2ccccc2)NC(=O)[C@H](CCCN=C(N)N)NC(=O)OCC2c3ccccc3-c3ccccc32)cc1. The van der Waals surface area contributed by atoms with Crippen LogP contribution < -0.4 is 32.7 Å². The van der Waals surface area contributed by atoms with Crippen LogP contribution >= 0.6 is 0 Å². The highest BCUT2D eigenvalue weighted by molar-refractivity contribution is 5.93. The van der Waals surface area contributed by atoms with E-state index in [2.05, 4.69) is 26.3 Å². The fraction of sp³-hybridized carbons (Fsp3) is 0.388. The lowest BCUT2D eigenvalue weighted by molar-refractivity contribution is -0.149. The zero-order valence-corrected chi connectivity index (χ0v) is 37.1. The Bertz CT molecular complexity index is 2180. The lowest BCUT2D eigenvalue weighted by atomic mass is 9.98. The third-order valence-corrected chi connectivity index (χ3v) is 10.5. The number of carbonyl (C=O) groups excluding carboxylic acids is 5. The van der Waals surface area contributed by atoms with Crippen molar-refractivity contribution >= 4 is 35.9 Å². The number of esters is 1. The molecule has 1 aliphatic rings. The maximum atomic E-state index is 14.3. The molecular weight excluding hydrogens is 815 g/mol. The van der Waals surface area contributed by atoms with E-state index in [0.29, 0.717) is 19.3 Å². The summed E-state index contributed by atoms with van der Waals surface area (Å²) in [7, 11) is 0. The standard InChI is InChI=1S/C49H61N7O8/c1-32-23-25-34(26-24-32)30-62-45(59)41(21-12-13-27-53-47(60)64-49(2,3)4)54-44(58)42(29-33-15-6-5-7-16-33)55-43(57)40(22-14-28-52-46(50)51)56-48(61)63-31-39-37-19-10-8-17-35(37)36-18-9-11-20-38(36)39/h5-11,15-20,23-26,39-42H,12-14,21-22,27-31H2,1-4H3,(H,53,60)(H,54,58)(H,55,57)(H,56,61)(H4,50,51,52)/t40-,41-,42+/m0/s1. The number of fused-ring (bicyclic) bond motifs is 3. The minimum Gasteiger partial charge on any atom is -0.459 e.